The molecular formula is C27H26N4O4. The Hall–Kier alpha value is -4.46. The Bertz CT molecular complexity index is 1600. The molecule has 2 aromatic heterocycles. The van der Waals surface area contributed by atoms with E-state index in [9.17, 15) is 4.79 Å². The predicted molar refractivity (Wildman–Crippen MR) is 137 cm³/mol. The van der Waals surface area contributed by atoms with Crippen LogP contribution in [0.4, 0.5) is 5.82 Å². The fourth-order valence-corrected chi connectivity index (χ4v) is 4.15. The Morgan fingerprint density at radius 1 is 0.971 bits per heavy atom. The number of hydrogen-bond acceptors (Lipinski definition) is 6. The highest BCUT2D eigenvalue weighted by atomic mass is 16.5. The number of nitrogens with two attached hydrogens (primary N) is 1. The molecular weight excluding hydrogens is 444 g/mol. The highest BCUT2D eigenvalue weighted by molar-refractivity contribution is 6.10. The van der Waals surface area contributed by atoms with E-state index in [0.717, 1.165) is 17.0 Å². The molecule has 0 unspecified atom stereocenters. The maximum atomic E-state index is 13.0. The molecule has 0 aliphatic carbocycles. The number of nitrogens with zero attached hydrogens (tertiary/aromatic N) is 2. The Balaban J connectivity index is 1.68. The average molecular weight is 471 g/mol. The number of H-pyrrole nitrogens is 1. The van der Waals surface area contributed by atoms with Gasteiger partial charge in [-0.2, -0.15) is 5.10 Å². The quantitative estimate of drug-likeness (QED) is 0.347. The van der Waals surface area contributed by atoms with E-state index in [1.807, 2.05) is 69.3 Å². The lowest BCUT2D eigenvalue weighted by Crippen LogP contribution is -2.10. The number of fused-ring (bicyclic) bond motifs is 3. The molecule has 8 nitrogen and oxygen atoms in total. The van der Waals surface area contributed by atoms with Crippen molar-refractivity contribution in [2.24, 2.45) is 0 Å². The first-order valence-corrected chi connectivity index (χ1v) is 11.3. The summed E-state index contributed by atoms with van der Waals surface area (Å²) in [4.78, 5) is 16.0. The third-order valence-corrected chi connectivity index (χ3v) is 5.68. The minimum atomic E-state index is -0.332. The zero-order valence-corrected chi connectivity index (χ0v) is 20.0. The fourth-order valence-electron chi connectivity index (χ4n) is 4.15. The largest absolute Gasteiger partial charge is 0.497 e. The molecule has 3 N–H and O–H groups in total. The van der Waals surface area contributed by atoms with E-state index >= 15 is 0 Å². The Morgan fingerprint density at radius 3 is 2.43 bits per heavy atom. The lowest BCUT2D eigenvalue weighted by Gasteiger charge is -2.14. The normalized spacial score (nSPS) is 11.3. The number of aromatic nitrogens is 3. The van der Waals surface area contributed by atoms with Crippen LogP contribution >= 0.6 is 0 Å². The van der Waals surface area contributed by atoms with Crippen molar-refractivity contribution in [2.75, 3.05) is 12.8 Å². The van der Waals surface area contributed by atoms with Gasteiger partial charge in [-0.25, -0.2) is 4.68 Å². The fraction of sp³-hybridized carbons (Fsp3) is 0.185. The minimum Gasteiger partial charge on any atom is -0.497 e. The molecule has 0 aliphatic rings. The van der Waals surface area contributed by atoms with Gasteiger partial charge < -0.3 is 24.9 Å². The van der Waals surface area contributed by atoms with E-state index in [1.165, 1.54) is 0 Å². The zero-order chi connectivity index (χ0) is 24.7. The summed E-state index contributed by atoms with van der Waals surface area (Å²) in [7, 11) is 1.57. The maximum absolute atomic E-state index is 13.0. The summed E-state index contributed by atoms with van der Waals surface area (Å²) in [5, 5.41) is 5.75. The van der Waals surface area contributed by atoms with Crippen LogP contribution < -0.4 is 25.5 Å². The van der Waals surface area contributed by atoms with Crippen molar-refractivity contribution >= 4 is 27.6 Å². The third kappa shape index (κ3) is 4.03. The number of pyridine rings is 1. The monoisotopic (exact) mass is 470 g/mol. The molecule has 8 heteroatoms. The summed E-state index contributed by atoms with van der Waals surface area (Å²) in [6.07, 6.45) is -0.0916. The second-order valence-corrected chi connectivity index (χ2v) is 8.55. The van der Waals surface area contributed by atoms with Crippen molar-refractivity contribution in [3.63, 3.8) is 0 Å². The lowest BCUT2D eigenvalue weighted by atomic mass is 10.1. The van der Waals surface area contributed by atoms with Crippen LogP contribution in [0.15, 0.2) is 65.5 Å². The first kappa shape index (κ1) is 22.3. The molecule has 3 aromatic carbocycles. The van der Waals surface area contributed by atoms with Gasteiger partial charge in [-0.05, 0) is 56.7 Å². The van der Waals surface area contributed by atoms with Crippen molar-refractivity contribution in [3.05, 3.63) is 76.6 Å². The van der Waals surface area contributed by atoms with Gasteiger partial charge in [0.25, 0.3) is 5.56 Å². The molecule has 178 valence electrons. The summed E-state index contributed by atoms with van der Waals surface area (Å²) in [5.41, 5.74) is 8.81. The van der Waals surface area contributed by atoms with Crippen molar-refractivity contribution < 1.29 is 14.2 Å². The highest BCUT2D eigenvalue weighted by Crippen LogP contribution is 2.37. The summed E-state index contributed by atoms with van der Waals surface area (Å²) >= 11 is 0. The van der Waals surface area contributed by atoms with E-state index in [4.69, 9.17) is 25.0 Å². The van der Waals surface area contributed by atoms with Crippen molar-refractivity contribution in [1.29, 1.82) is 0 Å². The summed E-state index contributed by atoms with van der Waals surface area (Å²) in [5.74, 6) is 2.81. The molecule has 2 heterocycles. The van der Waals surface area contributed by atoms with E-state index in [-0.39, 0.29) is 17.5 Å². The topological polar surface area (TPSA) is 104 Å². The summed E-state index contributed by atoms with van der Waals surface area (Å²) in [6.45, 7) is 5.81. The molecule has 0 fully saturated rings. The zero-order valence-electron chi connectivity index (χ0n) is 20.0. The van der Waals surface area contributed by atoms with Crippen LogP contribution in [-0.4, -0.2) is 28.0 Å². The molecule has 0 amide bonds. The smallest absolute Gasteiger partial charge is 0.261 e. The molecule has 0 aliphatic heterocycles. The second-order valence-electron chi connectivity index (χ2n) is 8.55. The lowest BCUT2D eigenvalue weighted by molar-refractivity contribution is 0.244. The van der Waals surface area contributed by atoms with Crippen molar-refractivity contribution in [1.82, 2.24) is 14.8 Å². The van der Waals surface area contributed by atoms with Gasteiger partial charge in [-0.15, -0.1) is 0 Å². The van der Waals surface area contributed by atoms with Crippen molar-refractivity contribution in [2.45, 2.75) is 26.9 Å². The van der Waals surface area contributed by atoms with Crippen LogP contribution in [0.2, 0.25) is 0 Å². The van der Waals surface area contributed by atoms with Gasteiger partial charge in [0.15, 0.2) is 0 Å². The number of methoxy groups -OCH3 is 1. The van der Waals surface area contributed by atoms with Crippen LogP contribution in [-0.2, 0) is 0 Å². The molecule has 0 saturated heterocycles. The van der Waals surface area contributed by atoms with Gasteiger partial charge in [0, 0.05) is 12.1 Å². The van der Waals surface area contributed by atoms with Gasteiger partial charge in [-0.3, -0.25) is 4.79 Å². The van der Waals surface area contributed by atoms with Crippen LogP contribution in [0, 0.1) is 6.92 Å². The highest BCUT2D eigenvalue weighted by Gasteiger charge is 2.21. The number of nitrogens with one attached hydrogen (secondary N) is 1. The first-order chi connectivity index (χ1) is 16.9. The van der Waals surface area contributed by atoms with E-state index < -0.39 is 0 Å². The number of para-hydroxylation sites is 1. The maximum Gasteiger partial charge on any atom is 0.261 e. The van der Waals surface area contributed by atoms with E-state index in [1.54, 1.807) is 23.9 Å². The Labute approximate surface area is 201 Å². The molecule has 35 heavy (non-hydrogen) atoms. The van der Waals surface area contributed by atoms with Crippen LogP contribution in [0.1, 0.15) is 19.4 Å². The molecule has 5 aromatic rings. The van der Waals surface area contributed by atoms with Gasteiger partial charge in [0.2, 0.25) is 0 Å². The van der Waals surface area contributed by atoms with Crippen molar-refractivity contribution in [3.8, 4) is 28.7 Å². The van der Waals surface area contributed by atoms with Crippen LogP contribution in [0.3, 0.4) is 0 Å². The Kier molecular flexibility index (Phi) is 5.56. The van der Waals surface area contributed by atoms with Gasteiger partial charge in [-0.1, -0.05) is 18.2 Å². The number of aryl methyl sites for hydroxylation is 1. The molecule has 0 bridgehead atoms. The summed E-state index contributed by atoms with van der Waals surface area (Å²) in [6, 6.07) is 18.7. The molecule has 0 saturated carbocycles. The standard InChI is InChI=1S/C27H26N4O4/c1-15(2)34-22-14-19(33-4)13-20-23(22)25-24(27(32)29-20)26(28)31(30-25)21-11-10-18(12-16(21)3)35-17-8-6-5-7-9-17/h5-15H,28H2,1-4H3,(H,29,32). The number of anilines is 1. The number of ether oxygens (including phenoxy) is 3. The van der Waals surface area contributed by atoms with Crippen LogP contribution in [0.25, 0.3) is 27.5 Å². The summed E-state index contributed by atoms with van der Waals surface area (Å²) < 4.78 is 19.0. The van der Waals surface area contributed by atoms with Gasteiger partial charge in [0.1, 0.15) is 39.7 Å². The third-order valence-electron chi connectivity index (χ3n) is 5.68. The van der Waals surface area contributed by atoms with Gasteiger partial charge >= 0.3 is 0 Å². The van der Waals surface area contributed by atoms with Gasteiger partial charge in [0.05, 0.1) is 29.8 Å². The van der Waals surface area contributed by atoms with Crippen LogP contribution in [0.5, 0.6) is 23.0 Å². The molecule has 5 rings (SSSR count). The number of aromatic amines is 1. The number of benzene rings is 3. The molecule has 0 atom stereocenters. The SMILES string of the molecule is COc1cc(OC(C)C)c2c(c1)[nH]c(=O)c1c(N)n(-c3ccc(Oc4ccccc4)cc3C)nc12. The average Bonchev–Trinajstić information content (AvgIpc) is 3.16. The number of nitrogen functional groups attached to an aromatic ring is 1. The first-order valence-electron chi connectivity index (χ1n) is 11.3. The number of rotatable bonds is 6. The second kappa shape index (κ2) is 8.72. The Morgan fingerprint density at radius 2 is 1.74 bits per heavy atom. The minimum absolute atomic E-state index is 0.0916. The number of hydrogen-bond donors (Lipinski definition) is 2. The van der Waals surface area contributed by atoms with E-state index in [0.29, 0.717) is 39.1 Å². The van der Waals surface area contributed by atoms with E-state index in [2.05, 4.69) is 4.98 Å². The predicted octanol–water partition coefficient (Wildman–Crippen LogP) is 5.35. The molecule has 0 radical (unpaired) electrons. The molecule has 0 spiro atoms.